The summed E-state index contributed by atoms with van der Waals surface area (Å²) in [6.07, 6.45) is 1.03. The van der Waals surface area contributed by atoms with E-state index in [4.69, 9.17) is 5.73 Å². The van der Waals surface area contributed by atoms with Crippen molar-refractivity contribution in [3.63, 3.8) is 0 Å². The molecule has 0 radical (unpaired) electrons. The standard InChI is InChI=1S/C12H17BrN2O3S/c1-7-5-8(13)10(6-9(7)14)15-11(16)12(2,3)19(4,17)18/h5-6H,14H2,1-4H3,(H,15,16). The average molecular weight is 349 g/mol. The molecule has 5 nitrogen and oxygen atoms in total. The number of anilines is 2. The highest BCUT2D eigenvalue weighted by Gasteiger charge is 2.38. The number of benzene rings is 1. The summed E-state index contributed by atoms with van der Waals surface area (Å²) < 4.78 is 22.3. The van der Waals surface area contributed by atoms with E-state index in [1.807, 2.05) is 6.92 Å². The summed E-state index contributed by atoms with van der Waals surface area (Å²) in [7, 11) is -3.51. The Hall–Kier alpha value is -1.08. The summed E-state index contributed by atoms with van der Waals surface area (Å²) in [6.45, 7) is 4.57. The molecular weight excluding hydrogens is 332 g/mol. The molecule has 1 aromatic carbocycles. The Morgan fingerprint density at radius 3 is 2.37 bits per heavy atom. The lowest BCUT2D eigenvalue weighted by molar-refractivity contribution is -0.117. The summed E-state index contributed by atoms with van der Waals surface area (Å²) in [5.74, 6) is -0.598. The number of carbonyl (C=O) groups is 1. The Morgan fingerprint density at radius 2 is 1.89 bits per heavy atom. The van der Waals surface area contributed by atoms with Crippen molar-refractivity contribution >= 4 is 43.0 Å². The first kappa shape index (κ1) is 16.0. The molecule has 0 aliphatic heterocycles. The highest BCUT2D eigenvalue weighted by molar-refractivity contribution is 9.10. The third-order valence-corrected chi connectivity index (χ3v) is 5.77. The van der Waals surface area contributed by atoms with Crippen molar-refractivity contribution in [3.8, 4) is 0 Å². The molecule has 0 heterocycles. The Kier molecular flexibility index (Phi) is 4.31. The highest BCUT2D eigenvalue weighted by atomic mass is 79.9. The predicted octanol–water partition coefficient (Wildman–Crippen LogP) is 2.10. The van der Waals surface area contributed by atoms with E-state index in [0.29, 0.717) is 15.8 Å². The SMILES string of the molecule is Cc1cc(Br)c(NC(=O)C(C)(C)S(C)(=O)=O)cc1N. The summed E-state index contributed by atoms with van der Waals surface area (Å²) in [5, 5.41) is 2.58. The summed E-state index contributed by atoms with van der Waals surface area (Å²) in [5.41, 5.74) is 7.61. The first-order valence-corrected chi connectivity index (χ1v) is 8.22. The normalized spacial score (nSPS) is 12.3. The van der Waals surface area contributed by atoms with Crippen molar-refractivity contribution in [2.24, 2.45) is 0 Å². The first-order chi connectivity index (χ1) is 8.46. The summed E-state index contributed by atoms with van der Waals surface area (Å²) in [4.78, 5) is 12.1. The number of rotatable bonds is 3. The van der Waals surface area contributed by atoms with Gasteiger partial charge in [0, 0.05) is 16.4 Å². The lowest BCUT2D eigenvalue weighted by Crippen LogP contribution is -2.43. The topological polar surface area (TPSA) is 89.3 Å². The van der Waals surface area contributed by atoms with Gasteiger partial charge in [-0.3, -0.25) is 4.79 Å². The van der Waals surface area contributed by atoms with E-state index < -0.39 is 20.5 Å². The zero-order valence-corrected chi connectivity index (χ0v) is 13.6. The number of nitrogen functional groups attached to an aromatic ring is 1. The Balaban J connectivity index is 3.11. The van der Waals surface area contributed by atoms with E-state index in [2.05, 4.69) is 21.2 Å². The average Bonchev–Trinajstić information content (AvgIpc) is 2.24. The number of nitrogens with one attached hydrogen (secondary N) is 1. The monoisotopic (exact) mass is 348 g/mol. The zero-order valence-electron chi connectivity index (χ0n) is 11.2. The number of carbonyl (C=O) groups excluding carboxylic acids is 1. The molecule has 3 N–H and O–H groups in total. The van der Waals surface area contributed by atoms with Gasteiger partial charge >= 0.3 is 0 Å². The Bertz CT molecular complexity index is 624. The van der Waals surface area contributed by atoms with Gasteiger partial charge in [0.1, 0.15) is 4.75 Å². The van der Waals surface area contributed by atoms with Crippen LogP contribution in [0, 0.1) is 6.92 Å². The number of hydrogen-bond donors (Lipinski definition) is 2. The number of sulfone groups is 1. The van der Waals surface area contributed by atoms with Crippen molar-refractivity contribution in [1.29, 1.82) is 0 Å². The van der Waals surface area contributed by atoms with Crippen LogP contribution in [0.15, 0.2) is 16.6 Å². The van der Waals surface area contributed by atoms with Gasteiger partial charge in [0.2, 0.25) is 5.91 Å². The molecule has 0 spiro atoms. The van der Waals surface area contributed by atoms with E-state index in [9.17, 15) is 13.2 Å². The second-order valence-corrected chi connectivity index (χ2v) is 8.34. The van der Waals surface area contributed by atoms with E-state index in [1.165, 1.54) is 13.8 Å². The summed E-state index contributed by atoms with van der Waals surface area (Å²) >= 11 is 3.31. The summed E-state index contributed by atoms with van der Waals surface area (Å²) in [6, 6.07) is 3.36. The van der Waals surface area contributed by atoms with Crippen LogP contribution in [0.2, 0.25) is 0 Å². The maximum absolute atomic E-state index is 12.1. The molecule has 0 aliphatic rings. The minimum absolute atomic E-state index is 0.449. The van der Waals surface area contributed by atoms with E-state index in [0.717, 1.165) is 11.8 Å². The van der Waals surface area contributed by atoms with Crippen molar-refractivity contribution in [1.82, 2.24) is 0 Å². The fraction of sp³-hybridized carbons (Fsp3) is 0.417. The van der Waals surface area contributed by atoms with Crippen molar-refractivity contribution in [2.75, 3.05) is 17.3 Å². The molecule has 0 saturated heterocycles. The molecule has 0 bridgehead atoms. The fourth-order valence-electron chi connectivity index (χ4n) is 1.23. The lowest BCUT2D eigenvalue weighted by Gasteiger charge is -2.22. The predicted molar refractivity (Wildman–Crippen MR) is 80.8 cm³/mol. The Labute approximate surface area is 121 Å². The van der Waals surface area contributed by atoms with Gasteiger partial charge < -0.3 is 11.1 Å². The molecule has 7 heteroatoms. The van der Waals surface area contributed by atoms with Gasteiger partial charge in [-0.25, -0.2) is 8.42 Å². The van der Waals surface area contributed by atoms with E-state index in [1.54, 1.807) is 12.1 Å². The van der Waals surface area contributed by atoms with Crippen molar-refractivity contribution in [2.45, 2.75) is 25.5 Å². The van der Waals surface area contributed by atoms with Crippen molar-refractivity contribution < 1.29 is 13.2 Å². The largest absolute Gasteiger partial charge is 0.398 e. The van der Waals surface area contributed by atoms with Crippen LogP contribution in [0.3, 0.4) is 0 Å². The second kappa shape index (κ2) is 5.13. The van der Waals surface area contributed by atoms with Gasteiger partial charge in [-0.2, -0.15) is 0 Å². The molecule has 0 aliphatic carbocycles. The minimum atomic E-state index is -3.51. The van der Waals surface area contributed by atoms with Gasteiger partial charge in [0.25, 0.3) is 0 Å². The number of halogens is 1. The molecule has 0 aromatic heterocycles. The highest BCUT2D eigenvalue weighted by Crippen LogP contribution is 2.29. The van der Waals surface area contributed by atoms with Crippen LogP contribution in [0.1, 0.15) is 19.4 Å². The lowest BCUT2D eigenvalue weighted by atomic mass is 10.1. The van der Waals surface area contributed by atoms with Gasteiger partial charge in [0.05, 0.1) is 5.69 Å². The number of nitrogens with two attached hydrogens (primary N) is 1. The molecular formula is C12H17BrN2O3S. The number of aryl methyl sites for hydroxylation is 1. The van der Waals surface area contributed by atoms with E-state index in [-0.39, 0.29) is 0 Å². The van der Waals surface area contributed by atoms with Gasteiger partial charge in [-0.15, -0.1) is 0 Å². The second-order valence-electron chi connectivity index (χ2n) is 4.93. The molecule has 106 valence electrons. The molecule has 0 unspecified atom stereocenters. The van der Waals surface area contributed by atoms with Crippen LogP contribution in [-0.4, -0.2) is 25.3 Å². The molecule has 0 saturated carbocycles. The Morgan fingerprint density at radius 1 is 1.37 bits per heavy atom. The third-order valence-electron chi connectivity index (χ3n) is 3.08. The van der Waals surface area contributed by atoms with Crippen LogP contribution in [-0.2, 0) is 14.6 Å². The fourth-order valence-corrected chi connectivity index (χ4v) is 2.17. The molecule has 19 heavy (non-hydrogen) atoms. The smallest absolute Gasteiger partial charge is 0.245 e. The van der Waals surface area contributed by atoms with Crippen LogP contribution in [0.25, 0.3) is 0 Å². The van der Waals surface area contributed by atoms with Crippen LogP contribution in [0.5, 0.6) is 0 Å². The molecule has 1 aromatic rings. The quantitative estimate of drug-likeness (QED) is 0.818. The maximum atomic E-state index is 12.1. The molecule has 0 fully saturated rings. The molecule has 0 atom stereocenters. The first-order valence-electron chi connectivity index (χ1n) is 5.53. The molecule has 1 amide bonds. The number of amides is 1. The maximum Gasteiger partial charge on any atom is 0.245 e. The van der Waals surface area contributed by atoms with Gasteiger partial charge in [0.15, 0.2) is 9.84 Å². The van der Waals surface area contributed by atoms with Crippen LogP contribution < -0.4 is 11.1 Å². The zero-order chi connectivity index (χ0) is 15.0. The minimum Gasteiger partial charge on any atom is -0.398 e. The molecule has 1 rings (SSSR count). The number of hydrogen-bond acceptors (Lipinski definition) is 4. The third kappa shape index (κ3) is 3.27. The van der Waals surface area contributed by atoms with Gasteiger partial charge in [-0.1, -0.05) is 0 Å². The van der Waals surface area contributed by atoms with E-state index >= 15 is 0 Å². The van der Waals surface area contributed by atoms with Crippen LogP contribution >= 0.6 is 15.9 Å². The van der Waals surface area contributed by atoms with Crippen molar-refractivity contribution in [3.05, 3.63) is 22.2 Å². The van der Waals surface area contributed by atoms with Crippen LogP contribution in [0.4, 0.5) is 11.4 Å². The van der Waals surface area contributed by atoms with Gasteiger partial charge in [-0.05, 0) is 54.4 Å².